The van der Waals surface area contributed by atoms with E-state index in [1.165, 1.54) is 10.9 Å². The van der Waals surface area contributed by atoms with Gasteiger partial charge >= 0.3 is 12.1 Å². The first-order chi connectivity index (χ1) is 21.4. The topological polar surface area (TPSA) is 173 Å². The van der Waals surface area contributed by atoms with Gasteiger partial charge in [-0.15, -0.1) is 0 Å². The first-order valence-electron chi connectivity index (χ1n) is 14.5. The summed E-state index contributed by atoms with van der Waals surface area (Å²) < 4.78 is 24.7. The van der Waals surface area contributed by atoms with Crippen LogP contribution in [0.2, 0.25) is 0 Å². The normalized spacial score (nSPS) is 15.0. The number of imidazole rings is 1. The van der Waals surface area contributed by atoms with Crippen LogP contribution < -0.4 is 16.6 Å². The van der Waals surface area contributed by atoms with Crippen LogP contribution in [0.15, 0.2) is 71.8 Å². The molecule has 0 aliphatic heterocycles. The van der Waals surface area contributed by atoms with E-state index in [9.17, 15) is 14.4 Å². The summed E-state index contributed by atoms with van der Waals surface area (Å²) in [5, 5.41) is 2.80. The number of nitrogens with one attached hydrogen (secondary N) is 2. The minimum Gasteiger partial charge on any atom is -0.461 e. The number of benzene rings is 2. The lowest BCUT2D eigenvalue weighted by atomic mass is 9.82. The van der Waals surface area contributed by atoms with Gasteiger partial charge in [-0.2, -0.15) is 4.98 Å². The molecule has 0 bridgehead atoms. The lowest BCUT2D eigenvalue weighted by molar-refractivity contribution is -0.160. The van der Waals surface area contributed by atoms with Crippen molar-refractivity contribution in [1.29, 1.82) is 0 Å². The van der Waals surface area contributed by atoms with Gasteiger partial charge in [-0.05, 0) is 24.0 Å². The molecule has 1 amide bonds. The molecule has 1 aliphatic carbocycles. The molecule has 232 valence electrons. The fourth-order valence-electron chi connectivity index (χ4n) is 5.07. The van der Waals surface area contributed by atoms with Crippen molar-refractivity contribution in [3.8, 4) is 0 Å². The van der Waals surface area contributed by atoms with E-state index in [1.54, 1.807) is 0 Å². The minimum atomic E-state index is -1.20. The molecule has 1 aliphatic rings. The number of aromatic amines is 1. The molecule has 0 spiro atoms. The van der Waals surface area contributed by atoms with Crippen LogP contribution in [0.5, 0.6) is 0 Å². The number of rotatable bonds is 13. The van der Waals surface area contributed by atoms with E-state index in [2.05, 4.69) is 20.3 Å². The average Bonchev–Trinajstić information content (AvgIpc) is 3.45. The monoisotopic (exact) mass is 604 g/mol. The fourth-order valence-corrected chi connectivity index (χ4v) is 5.07. The summed E-state index contributed by atoms with van der Waals surface area (Å²) in [7, 11) is 0. The van der Waals surface area contributed by atoms with Crippen LogP contribution in [0.3, 0.4) is 0 Å². The number of aromatic nitrogens is 4. The number of H-pyrrole nitrogens is 1. The number of alkyl carbamates (subject to hydrolysis) is 1. The highest BCUT2D eigenvalue weighted by molar-refractivity contribution is 5.86. The van der Waals surface area contributed by atoms with E-state index < -0.39 is 29.3 Å². The SMILES string of the molecule is Nc1nc2c(ncn2CO[C@H](COCc2ccccc2)COC(=O)C2(NC(=O)OCc3ccccc3)CCCCC2)c(=O)[nH]1. The third-order valence-electron chi connectivity index (χ3n) is 7.41. The van der Waals surface area contributed by atoms with E-state index in [4.69, 9.17) is 24.7 Å². The number of hydrogen-bond acceptors (Lipinski definition) is 10. The molecular formula is C31H36N6O7. The van der Waals surface area contributed by atoms with Crippen LogP contribution >= 0.6 is 0 Å². The van der Waals surface area contributed by atoms with Gasteiger partial charge in [0.1, 0.15) is 31.6 Å². The van der Waals surface area contributed by atoms with Gasteiger partial charge in [0.05, 0.1) is 19.5 Å². The highest BCUT2D eigenvalue weighted by Crippen LogP contribution is 2.30. The molecule has 2 heterocycles. The Kier molecular flexibility index (Phi) is 10.2. The molecule has 4 N–H and O–H groups in total. The molecule has 44 heavy (non-hydrogen) atoms. The molecule has 1 atom stereocenters. The Morgan fingerprint density at radius 3 is 2.34 bits per heavy atom. The number of fused-ring (bicyclic) bond motifs is 1. The predicted octanol–water partition coefficient (Wildman–Crippen LogP) is 3.43. The smallest absolute Gasteiger partial charge is 0.408 e. The van der Waals surface area contributed by atoms with Gasteiger partial charge in [0.25, 0.3) is 5.56 Å². The molecule has 0 unspecified atom stereocenters. The van der Waals surface area contributed by atoms with Gasteiger partial charge in [-0.3, -0.25) is 14.3 Å². The molecule has 0 saturated heterocycles. The quantitative estimate of drug-likeness (QED) is 0.192. The van der Waals surface area contributed by atoms with Crippen molar-refractivity contribution in [2.24, 2.45) is 0 Å². The second-order valence-corrected chi connectivity index (χ2v) is 10.7. The van der Waals surface area contributed by atoms with Crippen molar-refractivity contribution in [2.75, 3.05) is 18.9 Å². The molecule has 1 fully saturated rings. The number of carbonyl (C=O) groups is 2. The van der Waals surface area contributed by atoms with E-state index in [0.717, 1.165) is 30.4 Å². The van der Waals surface area contributed by atoms with E-state index in [0.29, 0.717) is 19.4 Å². The van der Waals surface area contributed by atoms with Crippen LogP contribution in [0.4, 0.5) is 10.7 Å². The van der Waals surface area contributed by atoms with E-state index in [-0.39, 0.29) is 43.7 Å². The third-order valence-corrected chi connectivity index (χ3v) is 7.41. The first-order valence-corrected chi connectivity index (χ1v) is 14.5. The van der Waals surface area contributed by atoms with Gasteiger partial charge in [-0.1, -0.05) is 79.9 Å². The highest BCUT2D eigenvalue weighted by atomic mass is 16.6. The van der Waals surface area contributed by atoms with Gasteiger partial charge in [0.15, 0.2) is 11.2 Å². The molecule has 13 heteroatoms. The van der Waals surface area contributed by atoms with Crippen molar-refractivity contribution in [3.05, 3.63) is 88.5 Å². The molecule has 1 saturated carbocycles. The maximum absolute atomic E-state index is 13.5. The number of nitrogens with two attached hydrogens (primary N) is 1. The molecule has 4 aromatic rings. The molecule has 0 radical (unpaired) electrons. The van der Waals surface area contributed by atoms with Crippen molar-refractivity contribution < 1.29 is 28.5 Å². The largest absolute Gasteiger partial charge is 0.461 e. The van der Waals surface area contributed by atoms with Crippen molar-refractivity contribution in [3.63, 3.8) is 0 Å². The Balaban J connectivity index is 1.23. The Morgan fingerprint density at radius 2 is 1.64 bits per heavy atom. The fraction of sp³-hybridized carbons (Fsp3) is 0.387. The highest BCUT2D eigenvalue weighted by Gasteiger charge is 2.43. The second-order valence-electron chi connectivity index (χ2n) is 10.7. The van der Waals surface area contributed by atoms with Crippen molar-refractivity contribution >= 4 is 29.2 Å². The maximum Gasteiger partial charge on any atom is 0.408 e. The number of amides is 1. The molecule has 2 aromatic heterocycles. The predicted molar refractivity (Wildman–Crippen MR) is 160 cm³/mol. The first kappa shape index (κ1) is 30.7. The summed E-state index contributed by atoms with van der Waals surface area (Å²) >= 11 is 0. The second kappa shape index (κ2) is 14.6. The number of anilines is 1. The van der Waals surface area contributed by atoms with Gasteiger partial charge in [0, 0.05) is 0 Å². The van der Waals surface area contributed by atoms with Crippen LogP contribution in [-0.4, -0.2) is 56.4 Å². The zero-order valence-electron chi connectivity index (χ0n) is 24.3. The zero-order valence-corrected chi connectivity index (χ0v) is 24.3. The summed E-state index contributed by atoms with van der Waals surface area (Å²) in [5.74, 6) is -0.604. The number of nitrogen functional groups attached to an aromatic ring is 1. The number of ether oxygens (including phenoxy) is 4. The van der Waals surface area contributed by atoms with Crippen LogP contribution in [0.25, 0.3) is 11.2 Å². The summed E-state index contributed by atoms with van der Waals surface area (Å²) in [6.45, 7) is 0.318. The van der Waals surface area contributed by atoms with E-state index >= 15 is 0 Å². The number of hydrogen-bond donors (Lipinski definition) is 3. The molecule has 5 rings (SSSR count). The van der Waals surface area contributed by atoms with Crippen LogP contribution in [0, 0.1) is 0 Å². The molecular weight excluding hydrogens is 568 g/mol. The standard InChI is InChI=1S/C31H36N6O7/c32-29-34-26-25(27(38)35-29)33-20-37(26)21-44-24(18-41-16-22-10-4-1-5-11-22)19-42-28(39)31(14-8-3-9-15-31)36-30(40)43-17-23-12-6-2-7-13-23/h1-2,4-7,10-13,20,24H,3,8-9,14-19,21H2,(H,36,40)(H3,32,34,35,38)/t24-/m1/s1. The number of carbonyl (C=O) groups excluding carboxylic acids is 2. The Morgan fingerprint density at radius 1 is 0.955 bits per heavy atom. The van der Waals surface area contributed by atoms with Gasteiger partial charge in [0.2, 0.25) is 5.95 Å². The molecule has 13 nitrogen and oxygen atoms in total. The summed E-state index contributed by atoms with van der Waals surface area (Å²) in [6.07, 6.45) is 3.40. The minimum absolute atomic E-state index is 0.0477. The summed E-state index contributed by atoms with van der Waals surface area (Å²) in [5.41, 5.74) is 6.24. The van der Waals surface area contributed by atoms with Crippen molar-refractivity contribution in [2.45, 2.75) is 63.7 Å². The Hall–Kier alpha value is -4.75. The van der Waals surface area contributed by atoms with E-state index in [1.807, 2.05) is 60.7 Å². The third kappa shape index (κ3) is 7.99. The number of nitrogens with zero attached hydrogens (tertiary/aromatic N) is 3. The average molecular weight is 605 g/mol. The van der Waals surface area contributed by atoms with Crippen LogP contribution in [0.1, 0.15) is 43.2 Å². The lowest BCUT2D eigenvalue weighted by Crippen LogP contribution is -2.56. The lowest BCUT2D eigenvalue weighted by Gasteiger charge is -2.35. The molecule has 2 aromatic carbocycles. The summed E-state index contributed by atoms with van der Waals surface area (Å²) in [4.78, 5) is 49.1. The van der Waals surface area contributed by atoms with Gasteiger partial charge in [-0.25, -0.2) is 14.6 Å². The van der Waals surface area contributed by atoms with Crippen molar-refractivity contribution in [1.82, 2.24) is 24.8 Å². The number of esters is 1. The zero-order chi connectivity index (χ0) is 30.8. The van der Waals surface area contributed by atoms with Gasteiger partial charge < -0.3 is 30.0 Å². The Labute approximate surface area is 253 Å². The maximum atomic E-state index is 13.5. The van der Waals surface area contributed by atoms with Crippen LogP contribution in [-0.2, 0) is 43.7 Å². The Bertz CT molecular complexity index is 1590. The summed E-state index contributed by atoms with van der Waals surface area (Å²) in [6, 6.07) is 18.9.